The summed E-state index contributed by atoms with van der Waals surface area (Å²) >= 11 is 0. The van der Waals surface area contributed by atoms with Gasteiger partial charge < -0.3 is 5.11 Å². The van der Waals surface area contributed by atoms with E-state index in [1.165, 1.54) is 0 Å². The molecule has 1 unspecified atom stereocenters. The Kier molecular flexibility index (Phi) is 3.15. The van der Waals surface area contributed by atoms with Gasteiger partial charge in [0.25, 0.3) is 0 Å². The van der Waals surface area contributed by atoms with E-state index in [-0.39, 0.29) is 6.42 Å². The van der Waals surface area contributed by atoms with E-state index in [4.69, 9.17) is 5.11 Å². The second-order valence-electron chi connectivity index (χ2n) is 1.99. The lowest BCUT2D eigenvalue weighted by atomic mass is 10.2. The Hall–Kier alpha value is -0.0900. The molecule has 0 aromatic carbocycles. The molecule has 0 radical (unpaired) electrons. The quantitative estimate of drug-likeness (QED) is 0.668. The molecule has 56 valence electrons. The predicted octanol–water partition coefficient (Wildman–Crippen LogP) is 2.13. The van der Waals surface area contributed by atoms with Gasteiger partial charge in [0.2, 0.25) is 0 Å². The minimum absolute atomic E-state index is 0.280. The van der Waals surface area contributed by atoms with Crippen LogP contribution >= 0.6 is 21.6 Å². The van der Waals surface area contributed by atoms with Crippen molar-refractivity contribution in [3.63, 3.8) is 0 Å². The topological polar surface area (TPSA) is 37.3 Å². The van der Waals surface area contributed by atoms with E-state index in [0.717, 1.165) is 6.42 Å². The number of carboxylic acids is 1. The maximum absolute atomic E-state index is 10.1. The van der Waals surface area contributed by atoms with E-state index in [1.807, 2.05) is 5.41 Å². The Morgan fingerprint density at radius 1 is 1.70 bits per heavy atom. The van der Waals surface area contributed by atoms with Gasteiger partial charge in [0.1, 0.15) is 0 Å². The Morgan fingerprint density at radius 3 is 3.00 bits per heavy atom. The Morgan fingerprint density at radius 2 is 2.50 bits per heavy atom. The molecule has 0 aliphatic carbocycles. The maximum Gasteiger partial charge on any atom is 0.303 e. The number of carboxylic acid groups (broad SMARTS) is 1. The number of hydrogen-bond donors (Lipinski definition) is 1. The predicted molar refractivity (Wildman–Crippen MR) is 45.0 cm³/mol. The average Bonchev–Trinajstić information content (AvgIpc) is 2.34. The summed E-state index contributed by atoms with van der Waals surface area (Å²) in [7, 11) is 3.40. The van der Waals surface area contributed by atoms with Gasteiger partial charge in [-0.3, -0.25) is 4.79 Å². The van der Waals surface area contributed by atoms with Gasteiger partial charge in [-0.2, -0.15) is 0 Å². The van der Waals surface area contributed by atoms with Crippen LogP contribution in [0.25, 0.3) is 0 Å². The Labute approximate surface area is 67.5 Å². The highest BCUT2D eigenvalue weighted by Crippen LogP contribution is 2.37. The standard InChI is InChI=1S/C6H8O2S2/c7-6(8)2-1-5-3-4-9-10-5/h3-5H,1-2H2,(H,7,8). The molecule has 0 saturated carbocycles. The first-order chi connectivity index (χ1) is 4.79. The molecule has 1 atom stereocenters. The highest BCUT2D eigenvalue weighted by atomic mass is 33.1. The summed E-state index contributed by atoms with van der Waals surface area (Å²) in [5.41, 5.74) is 0. The van der Waals surface area contributed by atoms with Gasteiger partial charge in [-0.25, -0.2) is 0 Å². The molecule has 0 bridgehead atoms. The van der Waals surface area contributed by atoms with Crippen LogP contribution in [0, 0.1) is 0 Å². The van der Waals surface area contributed by atoms with Gasteiger partial charge in [-0.05, 0) is 11.8 Å². The van der Waals surface area contributed by atoms with Crippen LogP contribution in [0.2, 0.25) is 0 Å². The minimum atomic E-state index is -0.703. The van der Waals surface area contributed by atoms with Crippen LogP contribution in [0.3, 0.4) is 0 Å². The summed E-state index contributed by atoms with van der Waals surface area (Å²) in [5.74, 6) is -0.703. The fourth-order valence-electron chi connectivity index (χ4n) is 0.665. The first kappa shape index (κ1) is 8.01. The molecule has 10 heavy (non-hydrogen) atoms. The van der Waals surface area contributed by atoms with Crippen LogP contribution in [0.1, 0.15) is 12.8 Å². The van der Waals surface area contributed by atoms with Crippen molar-refractivity contribution in [2.45, 2.75) is 18.1 Å². The Bertz CT molecular complexity index is 156. The number of hydrogen-bond acceptors (Lipinski definition) is 3. The molecule has 0 aromatic rings. The zero-order valence-corrected chi connectivity index (χ0v) is 6.95. The van der Waals surface area contributed by atoms with Crippen LogP contribution in [-0.4, -0.2) is 16.3 Å². The fourth-order valence-corrected chi connectivity index (χ4v) is 2.88. The summed E-state index contributed by atoms with van der Waals surface area (Å²) in [5, 5.41) is 10.8. The summed E-state index contributed by atoms with van der Waals surface area (Å²) < 4.78 is 0. The molecular formula is C6H8O2S2. The molecule has 0 saturated heterocycles. The molecule has 1 aliphatic rings. The number of rotatable bonds is 3. The molecule has 1 aliphatic heterocycles. The first-order valence-electron chi connectivity index (χ1n) is 2.99. The van der Waals surface area contributed by atoms with Crippen molar-refractivity contribution in [2.75, 3.05) is 0 Å². The van der Waals surface area contributed by atoms with Crippen LogP contribution in [-0.2, 0) is 4.79 Å². The normalized spacial score (nSPS) is 23.4. The molecule has 4 heteroatoms. The molecule has 2 nitrogen and oxygen atoms in total. The highest BCUT2D eigenvalue weighted by molar-refractivity contribution is 8.78. The van der Waals surface area contributed by atoms with Crippen molar-refractivity contribution in [3.05, 3.63) is 11.5 Å². The third-order valence-corrected chi connectivity index (χ3v) is 3.60. The van der Waals surface area contributed by atoms with Crippen LogP contribution in [0.4, 0.5) is 0 Å². The number of aliphatic carboxylic acids is 1. The van der Waals surface area contributed by atoms with Crippen molar-refractivity contribution in [2.24, 2.45) is 0 Å². The molecule has 0 amide bonds. The second-order valence-corrected chi connectivity index (χ2v) is 4.41. The van der Waals surface area contributed by atoms with Gasteiger partial charge in [0.05, 0.1) is 0 Å². The van der Waals surface area contributed by atoms with Gasteiger partial charge >= 0.3 is 5.97 Å². The highest BCUT2D eigenvalue weighted by Gasteiger charge is 2.11. The number of carbonyl (C=O) groups is 1. The zero-order valence-electron chi connectivity index (χ0n) is 5.32. The molecule has 1 heterocycles. The van der Waals surface area contributed by atoms with E-state index < -0.39 is 5.97 Å². The van der Waals surface area contributed by atoms with Crippen molar-refractivity contribution in [1.82, 2.24) is 0 Å². The lowest BCUT2D eigenvalue weighted by Gasteiger charge is -2.01. The summed E-state index contributed by atoms with van der Waals surface area (Å²) in [6.07, 6.45) is 3.09. The van der Waals surface area contributed by atoms with Gasteiger partial charge in [-0.1, -0.05) is 27.7 Å². The van der Waals surface area contributed by atoms with Crippen molar-refractivity contribution in [1.29, 1.82) is 0 Å². The van der Waals surface area contributed by atoms with Crippen molar-refractivity contribution < 1.29 is 9.90 Å². The van der Waals surface area contributed by atoms with E-state index in [9.17, 15) is 4.79 Å². The molecule has 0 aromatic heterocycles. The van der Waals surface area contributed by atoms with Crippen LogP contribution < -0.4 is 0 Å². The zero-order chi connectivity index (χ0) is 7.40. The summed E-state index contributed by atoms with van der Waals surface area (Å²) in [4.78, 5) is 10.1. The molecule has 1 rings (SSSR count). The average molecular weight is 176 g/mol. The second kappa shape index (κ2) is 3.93. The van der Waals surface area contributed by atoms with E-state index in [0.29, 0.717) is 5.25 Å². The van der Waals surface area contributed by atoms with Gasteiger partial charge in [0.15, 0.2) is 0 Å². The summed E-state index contributed by atoms with van der Waals surface area (Å²) in [6.45, 7) is 0. The lowest BCUT2D eigenvalue weighted by molar-refractivity contribution is -0.137. The SMILES string of the molecule is O=C(O)CCC1C=CSS1. The Balaban J connectivity index is 2.13. The van der Waals surface area contributed by atoms with E-state index >= 15 is 0 Å². The summed E-state index contributed by atoms with van der Waals surface area (Å²) in [6, 6.07) is 0. The smallest absolute Gasteiger partial charge is 0.303 e. The third-order valence-electron chi connectivity index (χ3n) is 1.17. The minimum Gasteiger partial charge on any atom is -0.481 e. The molecule has 0 fully saturated rings. The molecule has 0 spiro atoms. The largest absolute Gasteiger partial charge is 0.481 e. The first-order valence-corrected chi connectivity index (χ1v) is 5.27. The van der Waals surface area contributed by atoms with Gasteiger partial charge in [0, 0.05) is 11.7 Å². The maximum atomic E-state index is 10.1. The van der Waals surface area contributed by atoms with E-state index in [1.54, 1.807) is 21.6 Å². The monoisotopic (exact) mass is 176 g/mol. The van der Waals surface area contributed by atoms with Crippen molar-refractivity contribution >= 4 is 27.6 Å². The molecule has 1 N–H and O–H groups in total. The van der Waals surface area contributed by atoms with E-state index in [2.05, 4.69) is 6.08 Å². The lowest BCUT2D eigenvalue weighted by Crippen LogP contribution is -2.00. The van der Waals surface area contributed by atoms with Crippen LogP contribution in [0.15, 0.2) is 11.5 Å². The van der Waals surface area contributed by atoms with Crippen LogP contribution in [0.5, 0.6) is 0 Å². The van der Waals surface area contributed by atoms with Gasteiger partial charge in [-0.15, -0.1) is 0 Å². The van der Waals surface area contributed by atoms with Crippen molar-refractivity contribution in [3.8, 4) is 0 Å². The third kappa shape index (κ3) is 2.66. The molecular weight excluding hydrogens is 168 g/mol. The fraction of sp³-hybridized carbons (Fsp3) is 0.500.